The molecule has 0 radical (unpaired) electrons. The summed E-state index contributed by atoms with van der Waals surface area (Å²) in [6.07, 6.45) is 0.645. The number of hydrogen-bond donors (Lipinski definition) is 1. The SMILES string of the molecule is O=S1(=O)CCCN1C(CO)c1ccccc1. The van der Waals surface area contributed by atoms with E-state index in [4.69, 9.17) is 0 Å². The lowest BCUT2D eigenvalue weighted by molar-refractivity contribution is 0.195. The van der Waals surface area contributed by atoms with Crippen molar-refractivity contribution < 1.29 is 13.5 Å². The molecule has 1 atom stereocenters. The van der Waals surface area contributed by atoms with E-state index in [1.54, 1.807) is 0 Å². The van der Waals surface area contributed by atoms with E-state index >= 15 is 0 Å². The van der Waals surface area contributed by atoms with Gasteiger partial charge in [-0.2, -0.15) is 4.31 Å². The van der Waals surface area contributed by atoms with E-state index < -0.39 is 16.1 Å². The average molecular weight is 241 g/mol. The molecule has 1 saturated heterocycles. The largest absolute Gasteiger partial charge is 0.394 e. The molecule has 0 bridgehead atoms. The molecule has 1 heterocycles. The molecule has 0 amide bonds. The third-order valence-electron chi connectivity index (χ3n) is 2.84. The maximum atomic E-state index is 11.8. The Morgan fingerprint density at radius 1 is 1.31 bits per heavy atom. The molecule has 1 unspecified atom stereocenters. The van der Waals surface area contributed by atoms with Gasteiger partial charge >= 0.3 is 0 Å². The smallest absolute Gasteiger partial charge is 0.214 e. The zero-order chi connectivity index (χ0) is 11.6. The molecule has 1 fully saturated rings. The van der Waals surface area contributed by atoms with Crippen molar-refractivity contribution in [2.24, 2.45) is 0 Å². The molecule has 1 aromatic rings. The van der Waals surface area contributed by atoms with Gasteiger partial charge in [0.2, 0.25) is 10.0 Å². The average Bonchev–Trinajstić information content (AvgIpc) is 2.62. The summed E-state index contributed by atoms with van der Waals surface area (Å²) in [6.45, 7) is 0.325. The van der Waals surface area contributed by atoms with Crippen LogP contribution in [0.15, 0.2) is 30.3 Å². The molecule has 1 aliphatic heterocycles. The second-order valence-corrected chi connectivity index (χ2v) is 5.93. The van der Waals surface area contributed by atoms with Crippen molar-refractivity contribution in [2.45, 2.75) is 12.5 Å². The number of aliphatic hydroxyl groups is 1. The van der Waals surface area contributed by atoms with Crippen LogP contribution >= 0.6 is 0 Å². The summed E-state index contributed by atoms with van der Waals surface area (Å²) < 4.78 is 24.9. The summed E-state index contributed by atoms with van der Waals surface area (Å²) >= 11 is 0. The van der Waals surface area contributed by atoms with Gasteiger partial charge in [-0.1, -0.05) is 30.3 Å². The molecule has 5 heteroatoms. The number of rotatable bonds is 3. The molecule has 1 aromatic carbocycles. The maximum absolute atomic E-state index is 11.8. The normalized spacial score (nSPS) is 22.1. The van der Waals surface area contributed by atoms with Gasteiger partial charge in [0.25, 0.3) is 0 Å². The van der Waals surface area contributed by atoms with Gasteiger partial charge in [-0.15, -0.1) is 0 Å². The van der Waals surface area contributed by atoms with Crippen LogP contribution in [0.5, 0.6) is 0 Å². The fourth-order valence-corrected chi connectivity index (χ4v) is 3.76. The van der Waals surface area contributed by atoms with Crippen LogP contribution in [-0.4, -0.2) is 36.7 Å². The van der Waals surface area contributed by atoms with Crippen molar-refractivity contribution in [1.29, 1.82) is 0 Å². The quantitative estimate of drug-likeness (QED) is 0.849. The van der Waals surface area contributed by atoms with Gasteiger partial charge in [0.1, 0.15) is 0 Å². The monoisotopic (exact) mass is 241 g/mol. The van der Waals surface area contributed by atoms with Crippen LogP contribution in [0.25, 0.3) is 0 Å². The Bertz CT molecular complexity index is 444. The predicted molar refractivity (Wildman–Crippen MR) is 61.4 cm³/mol. The van der Waals surface area contributed by atoms with E-state index in [-0.39, 0.29) is 12.4 Å². The van der Waals surface area contributed by atoms with Crippen molar-refractivity contribution in [2.75, 3.05) is 18.9 Å². The number of sulfonamides is 1. The molecule has 16 heavy (non-hydrogen) atoms. The van der Waals surface area contributed by atoms with E-state index in [1.807, 2.05) is 30.3 Å². The second-order valence-electron chi connectivity index (χ2n) is 3.89. The minimum atomic E-state index is -3.17. The summed E-state index contributed by atoms with van der Waals surface area (Å²) in [5.41, 5.74) is 0.843. The molecule has 0 saturated carbocycles. The topological polar surface area (TPSA) is 57.6 Å². The first kappa shape index (κ1) is 11.6. The van der Waals surface area contributed by atoms with Crippen LogP contribution < -0.4 is 0 Å². The van der Waals surface area contributed by atoms with E-state index in [9.17, 15) is 13.5 Å². The highest BCUT2D eigenvalue weighted by molar-refractivity contribution is 7.89. The van der Waals surface area contributed by atoms with Crippen molar-refractivity contribution in [3.8, 4) is 0 Å². The highest BCUT2D eigenvalue weighted by Gasteiger charge is 2.34. The van der Waals surface area contributed by atoms with E-state index in [2.05, 4.69) is 0 Å². The molecule has 1 aliphatic rings. The molecular weight excluding hydrogens is 226 g/mol. The Morgan fingerprint density at radius 3 is 2.50 bits per heavy atom. The molecule has 0 aromatic heterocycles. The Hall–Kier alpha value is -0.910. The minimum Gasteiger partial charge on any atom is -0.394 e. The summed E-state index contributed by atoms with van der Waals surface area (Å²) in [5, 5.41) is 9.37. The van der Waals surface area contributed by atoms with E-state index in [0.29, 0.717) is 13.0 Å². The van der Waals surface area contributed by atoms with Crippen LogP contribution in [-0.2, 0) is 10.0 Å². The Labute approximate surface area is 95.6 Å². The van der Waals surface area contributed by atoms with Gasteiger partial charge in [-0.25, -0.2) is 8.42 Å². The van der Waals surface area contributed by atoms with Gasteiger partial charge < -0.3 is 5.11 Å². The fraction of sp³-hybridized carbons (Fsp3) is 0.455. The van der Waals surface area contributed by atoms with Crippen LogP contribution in [0, 0.1) is 0 Å². The van der Waals surface area contributed by atoms with E-state index in [1.165, 1.54) is 4.31 Å². The van der Waals surface area contributed by atoms with Crippen molar-refractivity contribution in [3.63, 3.8) is 0 Å². The molecule has 0 spiro atoms. The standard InChI is InChI=1S/C11H15NO3S/c13-9-11(10-5-2-1-3-6-10)12-7-4-8-16(12,14)15/h1-3,5-6,11,13H,4,7-9H2. The first-order chi connectivity index (χ1) is 7.65. The van der Waals surface area contributed by atoms with Crippen LogP contribution in [0.4, 0.5) is 0 Å². The van der Waals surface area contributed by atoms with Crippen molar-refractivity contribution >= 4 is 10.0 Å². The zero-order valence-electron chi connectivity index (χ0n) is 8.91. The first-order valence-corrected chi connectivity index (χ1v) is 6.91. The lowest BCUT2D eigenvalue weighted by Crippen LogP contribution is -2.32. The van der Waals surface area contributed by atoms with Crippen molar-refractivity contribution in [3.05, 3.63) is 35.9 Å². The maximum Gasteiger partial charge on any atom is 0.214 e. The van der Waals surface area contributed by atoms with Gasteiger partial charge in [-0.3, -0.25) is 0 Å². The Kier molecular flexibility index (Phi) is 3.28. The summed E-state index contributed by atoms with van der Waals surface area (Å²) in [4.78, 5) is 0. The number of hydrogen-bond acceptors (Lipinski definition) is 3. The summed E-state index contributed by atoms with van der Waals surface area (Å²) in [7, 11) is -3.17. The molecular formula is C11H15NO3S. The van der Waals surface area contributed by atoms with Crippen molar-refractivity contribution in [1.82, 2.24) is 4.31 Å². The lowest BCUT2D eigenvalue weighted by Gasteiger charge is -2.24. The van der Waals surface area contributed by atoms with Crippen LogP contribution in [0.3, 0.4) is 0 Å². The van der Waals surface area contributed by atoms with Crippen LogP contribution in [0.1, 0.15) is 18.0 Å². The van der Waals surface area contributed by atoms with Crippen LogP contribution in [0.2, 0.25) is 0 Å². The highest BCUT2D eigenvalue weighted by Crippen LogP contribution is 2.27. The first-order valence-electron chi connectivity index (χ1n) is 5.30. The number of aliphatic hydroxyl groups excluding tert-OH is 1. The minimum absolute atomic E-state index is 0.177. The number of nitrogens with zero attached hydrogens (tertiary/aromatic N) is 1. The number of benzene rings is 1. The zero-order valence-corrected chi connectivity index (χ0v) is 9.73. The van der Waals surface area contributed by atoms with Gasteiger partial charge in [0, 0.05) is 6.54 Å². The Morgan fingerprint density at radius 2 is 2.00 bits per heavy atom. The summed E-state index contributed by atoms with van der Waals surface area (Å²) in [5.74, 6) is 0.191. The fourth-order valence-electron chi connectivity index (χ4n) is 2.05. The Balaban J connectivity index is 2.31. The third kappa shape index (κ3) is 2.11. The highest BCUT2D eigenvalue weighted by atomic mass is 32.2. The molecule has 0 aliphatic carbocycles. The van der Waals surface area contributed by atoms with E-state index in [0.717, 1.165) is 5.56 Å². The molecule has 88 valence electrons. The molecule has 4 nitrogen and oxygen atoms in total. The van der Waals surface area contributed by atoms with Gasteiger partial charge in [-0.05, 0) is 12.0 Å². The van der Waals surface area contributed by atoms with Gasteiger partial charge in [0.15, 0.2) is 0 Å². The second kappa shape index (κ2) is 4.53. The predicted octanol–water partition coefficient (Wildman–Crippen LogP) is 0.756. The van der Waals surface area contributed by atoms with Gasteiger partial charge in [0.05, 0.1) is 18.4 Å². The molecule has 2 rings (SSSR count). The third-order valence-corrected chi connectivity index (χ3v) is 4.80. The lowest BCUT2D eigenvalue weighted by atomic mass is 10.1. The summed E-state index contributed by atoms with van der Waals surface area (Å²) in [6, 6.07) is 8.81. The molecule has 1 N–H and O–H groups in total.